The summed E-state index contributed by atoms with van der Waals surface area (Å²) in [5.74, 6) is -1.07. The van der Waals surface area contributed by atoms with Gasteiger partial charge in [0.15, 0.2) is 0 Å². The number of carbonyl (C=O) groups excluding carboxylic acids is 1. The number of benzene rings is 1. The van der Waals surface area contributed by atoms with Crippen molar-refractivity contribution in [3.05, 3.63) is 35.9 Å². The van der Waals surface area contributed by atoms with E-state index in [0.29, 0.717) is 18.8 Å². The number of nitrogens with zero attached hydrogens (tertiary/aromatic N) is 1. The molecule has 1 aromatic rings. The van der Waals surface area contributed by atoms with Gasteiger partial charge in [-0.3, -0.25) is 4.28 Å². The van der Waals surface area contributed by atoms with Gasteiger partial charge in [0.05, 0.1) is 13.7 Å². The van der Waals surface area contributed by atoms with E-state index in [9.17, 15) is 13.2 Å². The zero-order valence-electron chi connectivity index (χ0n) is 13.2. The lowest BCUT2D eigenvalue weighted by Crippen LogP contribution is -2.24. The average molecular weight is 373 g/mol. The molecule has 0 aliphatic carbocycles. The molecule has 9 heteroatoms. The summed E-state index contributed by atoms with van der Waals surface area (Å²) in [6.07, 6.45) is 1.72. The van der Waals surface area contributed by atoms with Crippen LogP contribution in [0.3, 0.4) is 0 Å². The molecule has 1 saturated heterocycles. The van der Waals surface area contributed by atoms with Crippen molar-refractivity contribution in [3.8, 4) is 0 Å². The minimum absolute atomic E-state index is 0.0111. The minimum Gasteiger partial charge on any atom is -0.464 e. The van der Waals surface area contributed by atoms with Crippen molar-refractivity contribution in [2.45, 2.75) is 23.8 Å². The van der Waals surface area contributed by atoms with E-state index in [-0.39, 0.29) is 16.0 Å². The summed E-state index contributed by atoms with van der Waals surface area (Å²) in [5, 5.41) is 3.39. The van der Waals surface area contributed by atoms with Gasteiger partial charge < -0.3 is 9.47 Å². The second-order valence-corrected chi connectivity index (χ2v) is 7.95. The highest BCUT2D eigenvalue weighted by atomic mass is 32.2. The van der Waals surface area contributed by atoms with Crippen LogP contribution in [0.4, 0.5) is 0 Å². The third kappa shape index (κ3) is 6.14. The van der Waals surface area contributed by atoms with Crippen LogP contribution in [0.2, 0.25) is 0 Å². The van der Waals surface area contributed by atoms with Crippen LogP contribution in [-0.2, 0) is 34.4 Å². The molecule has 24 heavy (non-hydrogen) atoms. The van der Waals surface area contributed by atoms with Crippen LogP contribution < -0.4 is 0 Å². The molecule has 0 N–H and O–H groups in total. The fraction of sp³-hybridized carbons (Fsp3) is 0.467. The predicted molar refractivity (Wildman–Crippen MR) is 91.0 cm³/mol. The van der Waals surface area contributed by atoms with E-state index in [4.69, 9.17) is 4.74 Å². The Morgan fingerprint density at radius 2 is 2.12 bits per heavy atom. The Labute approximate surface area is 145 Å². The van der Waals surface area contributed by atoms with Crippen molar-refractivity contribution >= 4 is 32.9 Å². The van der Waals surface area contributed by atoms with Crippen LogP contribution >= 0.6 is 11.8 Å². The maximum atomic E-state index is 12.0. The molecule has 7 nitrogen and oxygen atoms in total. The summed E-state index contributed by atoms with van der Waals surface area (Å²) in [5.41, 5.74) is 0.570. The Hall–Kier alpha value is -1.58. The maximum absolute atomic E-state index is 12.0. The highest BCUT2D eigenvalue weighted by Crippen LogP contribution is 2.23. The van der Waals surface area contributed by atoms with Gasteiger partial charge >= 0.3 is 16.1 Å². The number of hydrogen-bond acceptors (Lipinski definition) is 8. The molecule has 0 amide bonds. The topological polar surface area (TPSA) is 91.3 Å². The summed E-state index contributed by atoms with van der Waals surface area (Å²) in [6.45, 7) is 1.15. The number of thioether (sulfide) groups is 1. The SMILES string of the molecule is COC(=O)C(=NOS(=O)(=O)Cc1ccccc1)SC1CCCOC1. The van der Waals surface area contributed by atoms with Gasteiger partial charge in [-0.15, -0.1) is 0 Å². The minimum atomic E-state index is -3.95. The van der Waals surface area contributed by atoms with Gasteiger partial charge in [-0.2, -0.15) is 8.42 Å². The molecule has 0 saturated carbocycles. The van der Waals surface area contributed by atoms with Crippen molar-refractivity contribution in [3.63, 3.8) is 0 Å². The van der Waals surface area contributed by atoms with Crippen molar-refractivity contribution in [1.82, 2.24) is 0 Å². The highest BCUT2D eigenvalue weighted by Gasteiger charge is 2.24. The predicted octanol–water partition coefficient (Wildman–Crippen LogP) is 1.93. The van der Waals surface area contributed by atoms with Crippen LogP contribution in [0.5, 0.6) is 0 Å². The molecule has 1 aromatic carbocycles. The number of ether oxygens (including phenoxy) is 2. The van der Waals surface area contributed by atoms with Crippen LogP contribution in [-0.4, -0.2) is 45.0 Å². The largest absolute Gasteiger partial charge is 0.464 e. The van der Waals surface area contributed by atoms with E-state index in [1.165, 1.54) is 7.11 Å². The summed E-state index contributed by atoms with van der Waals surface area (Å²) < 4.78 is 38.6. The van der Waals surface area contributed by atoms with E-state index in [1.54, 1.807) is 30.3 Å². The molecule has 1 atom stereocenters. The quantitative estimate of drug-likeness (QED) is 0.337. The summed E-state index contributed by atoms with van der Waals surface area (Å²) in [4.78, 5) is 11.8. The average Bonchev–Trinajstić information content (AvgIpc) is 2.59. The lowest BCUT2D eigenvalue weighted by atomic mass is 10.2. The molecule has 1 fully saturated rings. The number of methoxy groups -OCH3 is 1. The van der Waals surface area contributed by atoms with Crippen LogP contribution in [0.25, 0.3) is 0 Å². The van der Waals surface area contributed by atoms with Gasteiger partial charge in [0.1, 0.15) is 5.75 Å². The molecule has 1 aliphatic rings. The summed E-state index contributed by atoms with van der Waals surface area (Å²) >= 11 is 1.11. The number of hydrogen-bond donors (Lipinski definition) is 0. The van der Waals surface area contributed by atoms with Gasteiger partial charge in [0, 0.05) is 11.9 Å². The first-order valence-corrected chi connectivity index (χ1v) is 9.82. The number of esters is 1. The molecule has 0 radical (unpaired) electrons. The van der Waals surface area contributed by atoms with E-state index >= 15 is 0 Å². The van der Waals surface area contributed by atoms with E-state index in [2.05, 4.69) is 14.2 Å². The van der Waals surface area contributed by atoms with E-state index < -0.39 is 16.1 Å². The Balaban J connectivity index is 2.03. The third-order valence-corrected chi connectivity index (χ3v) is 5.33. The Morgan fingerprint density at radius 3 is 2.75 bits per heavy atom. The number of rotatable bonds is 5. The summed E-state index contributed by atoms with van der Waals surface area (Å²) in [6, 6.07) is 8.58. The van der Waals surface area contributed by atoms with Crippen LogP contribution in [0.1, 0.15) is 18.4 Å². The van der Waals surface area contributed by atoms with E-state index in [1.807, 2.05) is 0 Å². The molecule has 1 unspecified atom stereocenters. The van der Waals surface area contributed by atoms with Crippen molar-refractivity contribution in [2.75, 3.05) is 20.3 Å². The lowest BCUT2D eigenvalue weighted by molar-refractivity contribution is -0.132. The molecule has 0 bridgehead atoms. The van der Waals surface area contributed by atoms with Gasteiger partial charge in [-0.1, -0.05) is 47.2 Å². The molecular formula is C15H19NO6S2. The number of carbonyl (C=O) groups is 1. The monoisotopic (exact) mass is 373 g/mol. The Morgan fingerprint density at radius 1 is 1.38 bits per heavy atom. The first-order valence-electron chi connectivity index (χ1n) is 7.36. The Kier molecular flexibility index (Phi) is 7.07. The molecule has 2 rings (SSSR count). The van der Waals surface area contributed by atoms with Crippen LogP contribution in [0.15, 0.2) is 35.5 Å². The molecule has 132 valence electrons. The smallest absolute Gasteiger partial charge is 0.366 e. The Bertz CT molecular complexity index is 668. The zero-order valence-corrected chi connectivity index (χ0v) is 14.8. The van der Waals surface area contributed by atoms with E-state index in [0.717, 1.165) is 24.6 Å². The van der Waals surface area contributed by atoms with Crippen molar-refractivity contribution in [1.29, 1.82) is 0 Å². The maximum Gasteiger partial charge on any atom is 0.366 e. The van der Waals surface area contributed by atoms with Gasteiger partial charge in [0.25, 0.3) is 0 Å². The van der Waals surface area contributed by atoms with Crippen LogP contribution in [0, 0.1) is 0 Å². The van der Waals surface area contributed by atoms with Gasteiger partial charge in [0.2, 0.25) is 5.04 Å². The van der Waals surface area contributed by atoms with Crippen molar-refractivity contribution < 1.29 is 27.0 Å². The van der Waals surface area contributed by atoms with Gasteiger partial charge in [-0.05, 0) is 18.4 Å². The fourth-order valence-corrected chi connectivity index (χ4v) is 3.96. The molecule has 0 spiro atoms. The summed E-state index contributed by atoms with van der Waals surface area (Å²) in [7, 11) is -2.75. The zero-order chi connectivity index (χ0) is 17.4. The lowest BCUT2D eigenvalue weighted by Gasteiger charge is -2.20. The molecule has 1 heterocycles. The molecular weight excluding hydrogens is 354 g/mol. The third-order valence-electron chi connectivity index (χ3n) is 3.18. The molecule has 1 aliphatic heterocycles. The standard InChI is InChI=1S/C15H19NO6S2/c1-20-15(17)14(23-13-8-5-9-21-10-13)16-22-24(18,19)11-12-6-3-2-4-7-12/h2-4,6-7,13H,5,8-11H2,1H3. The highest BCUT2D eigenvalue weighted by molar-refractivity contribution is 8.16. The normalized spacial score (nSPS) is 18.9. The second kappa shape index (κ2) is 9.05. The molecule has 0 aromatic heterocycles. The van der Waals surface area contributed by atoms with Gasteiger partial charge in [-0.25, -0.2) is 4.79 Å². The first-order chi connectivity index (χ1) is 11.5. The van der Waals surface area contributed by atoms with Crippen molar-refractivity contribution in [2.24, 2.45) is 5.16 Å². The number of oxime groups is 1. The first kappa shape index (κ1) is 18.8. The second-order valence-electron chi connectivity index (χ2n) is 5.11. The fourth-order valence-electron chi connectivity index (χ4n) is 2.05.